The highest BCUT2D eigenvalue weighted by Gasteiger charge is 2.51. The average Bonchev–Trinajstić information content (AvgIpc) is 2.60. The molecular formula is C19H12Cl4O5S. The lowest BCUT2D eigenvalue weighted by Crippen LogP contribution is -2.39. The Labute approximate surface area is 186 Å². The molecule has 3 rings (SSSR count). The number of halogens is 4. The van der Waals surface area contributed by atoms with Gasteiger partial charge >= 0.3 is 0 Å². The second kappa shape index (κ2) is 7.87. The van der Waals surface area contributed by atoms with Gasteiger partial charge in [-0.3, -0.25) is 4.55 Å². The van der Waals surface area contributed by atoms with Gasteiger partial charge in [0.2, 0.25) is 0 Å². The van der Waals surface area contributed by atoms with Gasteiger partial charge in [-0.2, -0.15) is 8.42 Å². The van der Waals surface area contributed by atoms with E-state index in [1.807, 2.05) is 0 Å². The lowest BCUT2D eigenvalue weighted by molar-refractivity contribution is 0.455. The van der Waals surface area contributed by atoms with E-state index in [1.54, 1.807) is 0 Å². The molecule has 0 fully saturated rings. The Morgan fingerprint density at radius 3 is 1.97 bits per heavy atom. The first-order valence-corrected chi connectivity index (χ1v) is 10.8. The molecule has 0 saturated carbocycles. The van der Waals surface area contributed by atoms with Crippen molar-refractivity contribution in [3.63, 3.8) is 0 Å². The Bertz CT molecular complexity index is 1190. The Balaban J connectivity index is 2.65. The molecule has 0 aromatic heterocycles. The molecule has 0 saturated heterocycles. The lowest BCUT2D eigenvalue weighted by Gasteiger charge is -2.34. The summed E-state index contributed by atoms with van der Waals surface area (Å²) in [5.74, 6) is -0.647. The number of hydrogen-bond acceptors (Lipinski definition) is 4. The zero-order valence-corrected chi connectivity index (χ0v) is 18.1. The fourth-order valence-electron chi connectivity index (χ4n) is 3.23. The van der Waals surface area contributed by atoms with E-state index in [0.29, 0.717) is 0 Å². The zero-order valence-electron chi connectivity index (χ0n) is 14.3. The lowest BCUT2D eigenvalue weighted by atomic mass is 9.83. The number of phenolic OH excluding ortho intramolecular Hbond substituents is 2. The minimum Gasteiger partial charge on any atom is -0.508 e. The van der Waals surface area contributed by atoms with Gasteiger partial charge < -0.3 is 10.2 Å². The molecular weight excluding hydrogens is 482 g/mol. The van der Waals surface area contributed by atoms with Crippen molar-refractivity contribution in [2.45, 2.75) is 4.75 Å². The van der Waals surface area contributed by atoms with Crippen LogP contribution in [0.15, 0.2) is 54.6 Å². The van der Waals surface area contributed by atoms with Crippen molar-refractivity contribution in [1.82, 2.24) is 0 Å². The summed E-state index contributed by atoms with van der Waals surface area (Å²) in [5.41, 5.74) is -0.530. The van der Waals surface area contributed by atoms with E-state index in [9.17, 15) is 23.2 Å². The summed E-state index contributed by atoms with van der Waals surface area (Å²) in [6, 6.07) is 11.3. The predicted molar refractivity (Wildman–Crippen MR) is 114 cm³/mol. The van der Waals surface area contributed by atoms with Crippen LogP contribution < -0.4 is 0 Å². The highest BCUT2D eigenvalue weighted by Crippen LogP contribution is 2.51. The van der Waals surface area contributed by atoms with Crippen LogP contribution in [0.2, 0.25) is 20.1 Å². The SMILES string of the molecule is O=S(=O)(O)C(c1cccc(O)c1)(c1cc(O)cc(Cl)c1)c1c(Cl)ccc(Cl)c1Cl. The molecule has 152 valence electrons. The third kappa shape index (κ3) is 3.77. The van der Waals surface area contributed by atoms with Crippen molar-refractivity contribution in [2.75, 3.05) is 0 Å². The molecule has 0 aliphatic carbocycles. The van der Waals surface area contributed by atoms with Crippen LogP contribution in [0, 0.1) is 0 Å². The molecule has 0 spiro atoms. The van der Waals surface area contributed by atoms with Crippen LogP contribution >= 0.6 is 46.4 Å². The van der Waals surface area contributed by atoms with Crippen molar-refractivity contribution >= 4 is 56.5 Å². The minimum atomic E-state index is -5.11. The molecule has 0 aliphatic rings. The third-order valence-corrected chi connectivity index (χ3v) is 7.11. The van der Waals surface area contributed by atoms with Crippen LogP contribution in [0.5, 0.6) is 11.5 Å². The first kappa shape index (κ1) is 22.0. The number of rotatable bonds is 4. The van der Waals surface area contributed by atoms with Crippen LogP contribution in [0.1, 0.15) is 16.7 Å². The molecule has 10 heteroatoms. The van der Waals surface area contributed by atoms with Crippen molar-refractivity contribution in [2.24, 2.45) is 0 Å². The molecule has 29 heavy (non-hydrogen) atoms. The number of hydrogen-bond donors (Lipinski definition) is 3. The molecule has 0 bridgehead atoms. The van der Waals surface area contributed by atoms with Crippen molar-refractivity contribution in [3.05, 3.63) is 91.4 Å². The van der Waals surface area contributed by atoms with Gasteiger partial charge in [0.1, 0.15) is 11.5 Å². The molecule has 1 unspecified atom stereocenters. The molecule has 3 aromatic carbocycles. The van der Waals surface area contributed by atoms with Crippen LogP contribution in [0.4, 0.5) is 0 Å². The molecule has 0 aliphatic heterocycles. The molecule has 0 radical (unpaired) electrons. The number of benzene rings is 3. The second-order valence-electron chi connectivity index (χ2n) is 6.12. The highest BCUT2D eigenvalue weighted by molar-refractivity contribution is 7.87. The normalized spacial score (nSPS) is 13.8. The van der Waals surface area contributed by atoms with Crippen LogP contribution in [0.25, 0.3) is 0 Å². The molecule has 3 aromatic rings. The van der Waals surface area contributed by atoms with Crippen molar-refractivity contribution < 1.29 is 23.2 Å². The van der Waals surface area contributed by atoms with Gasteiger partial charge in [-0.1, -0.05) is 58.5 Å². The number of aromatic hydroxyl groups is 2. The quantitative estimate of drug-likeness (QED) is 0.239. The highest BCUT2D eigenvalue weighted by atomic mass is 35.5. The van der Waals surface area contributed by atoms with Gasteiger partial charge in [0.25, 0.3) is 10.1 Å². The molecule has 3 N–H and O–H groups in total. The van der Waals surface area contributed by atoms with Gasteiger partial charge in [-0.25, -0.2) is 0 Å². The summed E-state index contributed by atoms with van der Waals surface area (Å²) >= 11 is 24.9. The Hall–Kier alpha value is -1.67. The van der Waals surface area contributed by atoms with Crippen molar-refractivity contribution in [3.8, 4) is 11.5 Å². The summed E-state index contributed by atoms with van der Waals surface area (Å²) in [5, 5.41) is 19.7. The summed E-state index contributed by atoms with van der Waals surface area (Å²) in [6.07, 6.45) is 0. The van der Waals surface area contributed by atoms with Gasteiger partial charge in [0.05, 0.1) is 10.0 Å². The molecule has 0 amide bonds. The monoisotopic (exact) mass is 492 g/mol. The van der Waals surface area contributed by atoms with Gasteiger partial charge in [-0.15, -0.1) is 0 Å². The van der Waals surface area contributed by atoms with E-state index in [2.05, 4.69) is 0 Å². The predicted octanol–water partition coefficient (Wildman–Crippen LogP) is 5.89. The van der Waals surface area contributed by atoms with Gasteiger partial charge in [0.15, 0.2) is 4.75 Å². The van der Waals surface area contributed by atoms with E-state index >= 15 is 0 Å². The summed E-state index contributed by atoms with van der Waals surface area (Å²) in [6.45, 7) is 0. The maximum atomic E-state index is 13.0. The largest absolute Gasteiger partial charge is 0.508 e. The third-order valence-electron chi connectivity index (χ3n) is 4.32. The zero-order chi connectivity index (χ0) is 21.6. The van der Waals surface area contributed by atoms with E-state index < -0.39 is 14.9 Å². The second-order valence-corrected chi connectivity index (χ2v) is 9.31. The number of phenols is 2. The average molecular weight is 494 g/mol. The molecule has 0 heterocycles. The summed E-state index contributed by atoms with van der Waals surface area (Å²) in [4.78, 5) is 0. The van der Waals surface area contributed by atoms with Crippen LogP contribution in [0.3, 0.4) is 0 Å². The summed E-state index contributed by atoms with van der Waals surface area (Å²) < 4.78 is 34.0. The van der Waals surface area contributed by atoms with Crippen molar-refractivity contribution in [1.29, 1.82) is 0 Å². The van der Waals surface area contributed by atoms with E-state index in [4.69, 9.17) is 46.4 Å². The maximum Gasteiger partial charge on any atom is 0.283 e. The Morgan fingerprint density at radius 2 is 1.38 bits per heavy atom. The molecule has 1 atom stereocenters. The van der Waals surface area contributed by atoms with E-state index in [-0.39, 0.29) is 48.3 Å². The van der Waals surface area contributed by atoms with E-state index in [0.717, 1.165) is 12.1 Å². The van der Waals surface area contributed by atoms with Gasteiger partial charge in [-0.05, 0) is 53.6 Å². The van der Waals surface area contributed by atoms with Gasteiger partial charge in [0, 0.05) is 15.6 Å². The van der Waals surface area contributed by atoms with Crippen LogP contribution in [-0.4, -0.2) is 23.2 Å². The Kier molecular flexibility index (Phi) is 5.98. The first-order valence-electron chi connectivity index (χ1n) is 7.89. The Morgan fingerprint density at radius 1 is 0.759 bits per heavy atom. The topological polar surface area (TPSA) is 94.8 Å². The maximum absolute atomic E-state index is 13.0. The minimum absolute atomic E-state index is 0.0116. The van der Waals surface area contributed by atoms with E-state index in [1.165, 1.54) is 42.5 Å². The fourth-order valence-corrected chi connectivity index (χ4v) is 5.70. The smallest absolute Gasteiger partial charge is 0.283 e. The first-order chi connectivity index (χ1) is 13.5. The van der Waals surface area contributed by atoms with Crippen LogP contribution in [-0.2, 0) is 14.9 Å². The standard InChI is InChI=1S/C19H12Cl4O5S/c20-12-6-11(8-14(25)9-12)19(29(26,27)28,10-2-1-3-13(24)7-10)17-15(21)4-5-16(22)18(17)23/h1-9,24-25H,(H,26,27,28). The molecule has 5 nitrogen and oxygen atoms in total. The summed E-state index contributed by atoms with van der Waals surface area (Å²) in [7, 11) is -5.11. The fraction of sp³-hybridized carbons (Fsp3) is 0.0526.